The maximum atomic E-state index is 4.23. The summed E-state index contributed by atoms with van der Waals surface area (Å²) in [5, 5.41) is 0. The summed E-state index contributed by atoms with van der Waals surface area (Å²) in [5.74, 6) is 1.85. The highest BCUT2D eigenvalue weighted by Gasteiger charge is 2.40. The van der Waals surface area contributed by atoms with Crippen LogP contribution in [0.5, 0.6) is 0 Å². The molecule has 0 aliphatic heterocycles. The molecule has 0 amide bonds. The number of allylic oxidation sites excluding steroid dienone is 5. The molecule has 4 atom stereocenters. The molecule has 0 aromatic heterocycles. The maximum absolute atomic E-state index is 4.23. The van der Waals surface area contributed by atoms with Crippen molar-refractivity contribution < 1.29 is 0 Å². The number of nitrogens with zero attached hydrogens (tertiary/aromatic N) is 2. The van der Waals surface area contributed by atoms with E-state index < -0.39 is 8.40 Å². The molecule has 0 saturated heterocycles. The summed E-state index contributed by atoms with van der Waals surface area (Å²) >= 11 is 0. The Labute approximate surface area is 239 Å². The summed E-state index contributed by atoms with van der Waals surface area (Å²) in [7, 11) is 7.42. The van der Waals surface area contributed by atoms with Crippen molar-refractivity contribution in [1.29, 1.82) is 0 Å². The molecule has 0 aliphatic carbocycles. The first-order valence-corrected chi connectivity index (χ1v) is 18.0. The van der Waals surface area contributed by atoms with E-state index in [4.69, 9.17) is 0 Å². The van der Waals surface area contributed by atoms with Gasteiger partial charge in [0.25, 0.3) is 0 Å². The second-order valence-corrected chi connectivity index (χ2v) is 16.7. The van der Waals surface area contributed by atoms with E-state index in [9.17, 15) is 0 Å². The highest BCUT2D eigenvalue weighted by atomic mass is 28.3. The van der Waals surface area contributed by atoms with Gasteiger partial charge in [0.1, 0.15) is 0 Å². The normalized spacial score (nSPS) is 15.9. The number of hydrogen-bond acceptors (Lipinski definition) is 2. The lowest BCUT2D eigenvalue weighted by Crippen LogP contribution is -2.61. The molecular formula is C35H62N2Si. The van der Waals surface area contributed by atoms with Crippen molar-refractivity contribution in [2.75, 3.05) is 28.2 Å². The lowest BCUT2D eigenvalue weighted by Gasteiger charge is -2.45. The fraction of sp³-hybridized carbons (Fsp3) is 0.657. The lowest BCUT2D eigenvalue weighted by molar-refractivity contribution is 0.453. The highest BCUT2D eigenvalue weighted by Crippen LogP contribution is 2.34. The summed E-state index contributed by atoms with van der Waals surface area (Å²) in [6.07, 6.45) is 25.8. The number of benzene rings is 1. The summed E-state index contributed by atoms with van der Waals surface area (Å²) in [5.41, 5.74) is 2.19. The molecule has 0 spiro atoms. The van der Waals surface area contributed by atoms with Crippen molar-refractivity contribution >= 4 is 8.40 Å². The van der Waals surface area contributed by atoms with Gasteiger partial charge in [-0.05, 0) is 109 Å². The number of hydrogen-bond donors (Lipinski definition) is 0. The standard InChI is InChI=1S/C35H62N2Si/c1-10-14-16-23-31(11-2)24-19-20-25-32(12-3)30-34(33-26-17-15-18-27-33)28-21-22-29-35(13-4)38(9,36(5)6)37(7)8/h12,15,17-19,21-22,24,26-27,31-32,34-35H,3,10-11,13-14,16,20,23,25,28-30H2,1-2,4-9H3/b22-21+,24-19+. The minimum Gasteiger partial charge on any atom is -0.317 e. The van der Waals surface area contributed by atoms with Crippen LogP contribution in [0.25, 0.3) is 0 Å². The predicted molar refractivity (Wildman–Crippen MR) is 175 cm³/mol. The van der Waals surface area contributed by atoms with Crippen LogP contribution in [-0.2, 0) is 0 Å². The SMILES string of the molecule is C=CC(CC/C=C/C(CC)CCCCC)CC(C/C=C/CC(CC)[Si](C)(N(C)C)N(C)C)c1ccccc1. The molecule has 1 aromatic carbocycles. The van der Waals surface area contributed by atoms with E-state index in [0.29, 0.717) is 11.8 Å². The van der Waals surface area contributed by atoms with E-state index in [1.54, 1.807) is 0 Å². The molecule has 0 aliphatic rings. The first kappa shape index (κ1) is 34.6. The van der Waals surface area contributed by atoms with Gasteiger partial charge in [-0.2, -0.15) is 0 Å². The summed E-state index contributed by atoms with van der Waals surface area (Å²) in [4.78, 5) is 0. The Kier molecular flexibility index (Phi) is 17.9. The monoisotopic (exact) mass is 538 g/mol. The highest BCUT2D eigenvalue weighted by molar-refractivity contribution is 6.74. The van der Waals surface area contributed by atoms with Gasteiger partial charge in [0, 0.05) is 0 Å². The van der Waals surface area contributed by atoms with Crippen LogP contribution in [0.2, 0.25) is 12.1 Å². The third kappa shape index (κ3) is 11.8. The van der Waals surface area contributed by atoms with Crippen molar-refractivity contribution in [2.45, 2.75) is 109 Å². The van der Waals surface area contributed by atoms with Crippen LogP contribution in [0.3, 0.4) is 0 Å². The average molecular weight is 539 g/mol. The molecule has 0 heterocycles. The Morgan fingerprint density at radius 1 is 0.816 bits per heavy atom. The van der Waals surface area contributed by atoms with E-state index in [0.717, 1.165) is 24.3 Å². The fourth-order valence-corrected chi connectivity index (χ4v) is 9.53. The number of rotatable bonds is 21. The van der Waals surface area contributed by atoms with Gasteiger partial charge in [0.15, 0.2) is 0 Å². The van der Waals surface area contributed by atoms with Crippen LogP contribution >= 0.6 is 0 Å². The van der Waals surface area contributed by atoms with Crippen LogP contribution in [0, 0.1) is 11.8 Å². The zero-order valence-corrected chi connectivity index (χ0v) is 27.5. The van der Waals surface area contributed by atoms with Crippen molar-refractivity contribution in [1.82, 2.24) is 9.13 Å². The molecule has 2 nitrogen and oxygen atoms in total. The molecule has 0 radical (unpaired) electrons. The molecule has 0 fully saturated rings. The van der Waals surface area contributed by atoms with Crippen LogP contribution in [-0.4, -0.2) is 45.7 Å². The van der Waals surface area contributed by atoms with Gasteiger partial charge in [-0.15, -0.1) is 6.58 Å². The molecule has 0 saturated carbocycles. The van der Waals surface area contributed by atoms with E-state index in [1.165, 1.54) is 63.4 Å². The summed E-state index contributed by atoms with van der Waals surface area (Å²) in [6.45, 7) is 13.7. The largest absolute Gasteiger partial charge is 0.317 e. The summed E-state index contributed by atoms with van der Waals surface area (Å²) in [6, 6.07) is 11.2. The zero-order chi connectivity index (χ0) is 28.4. The smallest absolute Gasteiger partial charge is 0.206 e. The van der Waals surface area contributed by atoms with Crippen molar-refractivity contribution in [2.24, 2.45) is 11.8 Å². The average Bonchev–Trinajstić information content (AvgIpc) is 2.92. The van der Waals surface area contributed by atoms with Crippen LogP contribution in [0.1, 0.15) is 103 Å². The van der Waals surface area contributed by atoms with E-state index in [1.807, 2.05) is 0 Å². The van der Waals surface area contributed by atoms with E-state index in [2.05, 4.69) is 132 Å². The number of unbranched alkanes of at least 4 members (excludes halogenated alkanes) is 2. The lowest BCUT2D eigenvalue weighted by atomic mass is 9.84. The fourth-order valence-electron chi connectivity index (χ4n) is 5.91. The Morgan fingerprint density at radius 3 is 2.03 bits per heavy atom. The van der Waals surface area contributed by atoms with Gasteiger partial charge in [-0.25, -0.2) is 0 Å². The summed E-state index contributed by atoms with van der Waals surface area (Å²) < 4.78 is 5.03. The first-order chi connectivity index (χ1) is 18.2. The Balaban J connectivity index is 2.81. The van der Waals surface area contributed by atoms with Crippen molar-refractivity contribution in [3.8, 4) is 0 Å². The Bertz CT molecular complexity index is 774. The Morgan fingerprint density at radius 2 is 1.47 bits per heavy atom. The molecule has 1 aromatic rings. The van der Waals surface area contributed by atoms with Gasteiger partial charge < -0.3 is 9.13 Å². The first-order valence-electron chi connectivity index (χ1n) is 15.6. The second-order valence-electron chi connectivity index (χ2n) is 11.9. The molecule has 4 unspecified atom stereocenters. The third-order valence-corrected chi connectivity index (χ3v) is 14.9. The van der Waals surface area contributed by atoms with Crippen LogP contribution in [0.4, 0.5) is 0 Å². The van der Waals surface area contributed by atoms with Gasteiger partial charge >= 0.3 is 0 Å². The minimum atomic E-state index is -1.65. The van der Waals surface area contributed by atoms with Crippen LogP contribution in [0.15, 0.2) is 67.3 Å². The quantitative estimate of drug-likeness (QED) is 0.0872. The van der Waals surface area contributed by atoms with Gasteiger partial charge in [-0.1, -0.05) is 107 Å². The Hall–Kier alpha value is -1.42. The molecule has 216 valence electrons. The van der Waals surface area contributed by atoms with Gasteiger partial charge in [0.2, 0.25) is 8.40 Å². The van der Waals surface area contributed by atoms with E-state index in [-0.39, 0.29) is 0 Å². The van der Waals surface area contributed by atoms with Crippen molar-refractivity contribution in [3.05, 3.63) is 72.9 Å². The molecule has 0 N–H and O–H groups in total. The predicted octanol–water partition coefficient (Wildman–Crippen LogP) is 10.2. The van der Waals surface area contributed by atoms with Gasteiger partial charge in [-0.3, -0.25) is 0 Å². The zero-order valence-electron chi connectivity index (χ0n) is 26.5. The van der Waals surface area contributed by atoms with E-state index >= 15 is 0 Å². The molecule has 3 heteroatoms. The topological polar surface area (TPSA) is 6.48 Å². The minimum absolute atomic E-state index is 0.545. The van der Waals surface area contributed by atoms with Crippen LogP contribution < -0.4 is 0 Å². The second kappa shape index (κ2) is 19.6. The van der Waals surface area contributed by atoms with Crippen molar-refractivity contribution in [3.63, 3.8) is 0 Å². The molecule has 1 rings (SSSR count). The molecule has 38 heavy (non-hydrogen) atoms. The van der Waals surface area contributed by atoms with Gasteiger partial charge in [0.05, 0.1) is 0 Å². The molecular weight excluding hydrogens is 476 g/mol. The maximum Gasteiger partial charge on any atom is 0.206 e. The third-order valence-electron chi connectivity index (χ3n) is 9.09. The molecule has 0 bridgehead atoms.